The largest absolute Gasteiger partial charge is 0.313 e. The first-order valence-electron chi connectivity index (χ1n) is 9.07. The van der Waals surface area contributed by atoms with E-state index in [0.717, 1.165) is 30.4 Å². The molecular formula is C22H23ClN2OS. The van der Waals surface area contributed by atoms with Crippen molar-refractivity contribution in [2.45, 2.75) is 40.0 Å². The normalized spacial score (nSPS) is 16.8. The van der Waals surface area contributed by atoms with E-state index in [4.69, 9.17) is 11.6 Å². The molecule has 0 saturated carbocycles. The van der Waals surface area contributed by atoms with Crippen molar-refractivity contribution in [3.05, 3.63) is 56.9 Å². The van der Waals surface area contributed by atoms with Crippen LogP contribution in [0, 0.1) is 22.7 Å². The third-order valence-corrected chi connectivity index (χ3v) is 6.56. The number of carbonyl (C=O) groups excluding carboxylic acids is 1. The lowest BCUT2D eigenvalue weighted by molar-refractivity contribution is -0.111. The first-order chi connectivity index (χ1) is 12.8. The van der Waals surface area contributed by atoms with Crippen LogP contribution in [0.15, 0.2) is 30.3 Å². The quantitative estimate of drug-likeness (QED) is 0.637. The molecule has 140 valence electrons. The van der Waals surface area contributed by atoms with Gasteiger partial charge >= 0.3 is 0 Å². The average molecular weight is 399 g/mol. The van der Waals surface area contributed by atoms with Gasteiger partial charge in [0.2, 0.25) is 5.91 Å². The summed E-state index contributed by atoms with van der Waals surface area (Å²) in [6.07, 6.45) is 6.20. The second kappa shape index (κ2) is 7.88. The van der Waals surface area contributed by atoms with Gasteiger partial charge < -0.3 is 5.32 Å². The van der Waals surface area contributed by atoms with Crippen molar-refractivity contribution in [2.75, 3.05) is 5.32 Å². The van der Waals surface area contributed by atoms with Gasteiger partial charge in [-0.15, -0.1) is 11.3 Å². The molecule has 0 bridgehead atoms. The summed E-state index contributed by atoms with van der Waals surface area (Å²) in [5.74, 6) is 0.371. The van der Waals surface area contributed by atoms with Crippen molar-refractivity contribution in [1.82, 2.24) is 0 Å². The summed E-state index contributed by atoms with van der Waals surface area (Å²) in [5.41, 5.74) is 2.91. The molecule has 27 heavy (non-hydrogen) atoms. The Morgan fingerprint density at radius 1 is 1.33 bits per heavy atom. The number of halogens is 1. The lowest BCUT2D eigenvalue weighted by Crippen LogP contribution is -2.26. The summed E-state index contributed by atoms with van der Waals surface area (Å²) in [7, 11) is 0. The van der Waals surface area contributed by atoms with Crippen LogP contribution in [-0.2, 0) is 17.6 Å². The molecule has 0 radical (unpaired) electrons. The third kappa shape index (κ3) is 4.61. The number of thiophene rings is 1. The molecule has 0 saturated heterocycles. The Bertz CT molecular complexity index is 914. The lowest BCUT2D eigenvalue weighted by atomic mass is 9.72. The van der Waals surface area contributed by atoms with E-state index in [2.05, 4.69) is 32.2 Å². The minimum atomic E-state index is -0.229. The second-order valence-corrected chi connectivity index (χ2v) is 9.54. The Hall–Kier alpha value is -2.09. The molecule has 1 amide bonds. The molecule has 1 aliphatic rings. The number of hydrogen-bond acceptors (Lipinski definition) is 3. The van der Waals surface area contributed by atoms with Gasteiger partial charge in [0.25, 0.3) is 0 Å². The van der Waals surface area contributed by atoms with Crippen molar-refractivity contribution in [3.8, 4) is 6.07 Å². The zero-order valence-corrected chi connectivity index (χ0v) is 17.4. The molecule has 5 heteroatoms. The molecule has 1 aliphatic carbocycles. The van der Waals surface area contributed by atoms with E-state index < -0.39 is 0 Å². The molecule has 3 rings (SSSR count). The van der Waals surface area contributed by atoms with E-state index in [0.29, 0.717) is 21.5 Å². The van der Waals surface area contributed by atoms with E-state index in [1.165, 1.54) is 11.0 Å². The number of anilines is 1. The summed E-state index contributed by atoms with van der Waals surface area (Å²) in [6.45, 7) is 6.81. The molecule has 1 atom stereocenters. The van der Waals surface area contributed by atoms with Crippen LogP contribution in [0.5, 0.6) is 0 Å². The van der Waals surface area contributed by atoms with E-state index >= 15 is 0 Å². The van der Waals surface area contributed by atoms with Crippen molar-refractivity contribution < 1.29 is 4.79 Å². The van der Waals surface area contributed by atoms with Gasteiger partial charge in [-0.2, -0.15) is 5.26 Å². The van der Waals surface area contributed by atoms with Crippen molar-refractivity contribution >= 4 is 39.9 Å². The van der Waals surface area contributed by atoms with Gasteiger partial charge in [0.15, 0.2) is 0 Å². The molecule has 1 N–H and O–H groups in total. The number of benzene rings is 1. The van der Waals surface area contributed by atoms with E-state index in [9.17, 15) is 10.1 Å². The number of fused-ring (bicyclic) bond motifs is 1. The van der Waals surface area contributed by atoms with Crippen LogP contribution in [-0.4, -0.2) is 5.91 Å². The molecule has 1 heterocycles. The van der Waals surface area contributed by atoms with Crippen LogP contribution in [0.2, 0.25) is 5.02 Å². The Labute approximate surface area is 169 Å². The highest BCUT2D eigenvalue weighted by atomic mass is 35.5. The van der Waals surface area contributed by atoms with Gasteiger partial charge in [-0.05, 0) is 59.9 Å². The highest BCUT2D eigenvalue weighted by Crippen LogP contribution is 2.43. The number of carbonyl (C=O) groups is 1. The maximum Gasteiger partial charge on any atom is 0.249 e. The van der Waals surface area contributed by atoms with Gasteiger partial charge in [0.05, 0.1) is 5.56 Å². The standard InChI is InChI=1S/C22H23ClN2OS/c1-22(2,3)15-7-10-17-18(13-24)21(27-19(17)12-15)25-20(26)11-6-14-4-8-16(23)9-5-14/h4-6,8-9,11,15H,7,10,12H2,1-3H3,(H,25,26)/b11-6+/t15-/m0/s1. The number of nitrogens with one attached hydrogen (secondary N) is 1. The number of hydrogen-bond donors (Lipinski definition) is 1. The Kier molecular flexibility index (Phi) is 5.74. The average Bonchev–Trinajstić information content (AvgIpc) is 2.96. The molecule has 1 aromatic carbocycles. The van der Waals surface area contributed by atoms with Gasteiger partial charge in [-0.25, -0.2) is 0 Å². The summed E-state index contributed by atoms with van der Waals surface area (Å²) >= 11 is 7.42. The van der Waals surface area contributed by atoms with Crippen LogP contribution in [0.1, 0.15) is 48.8 Å². The molecule has 0 fully saturated rings. The Morgan fingerprint density at radius 3 is 2.67 bits per heavy atom. The fourth-order valence-corrected chi connectivity index (χ4v) is 4.84. The highest BCUT2D eigenvalue weighted by molar-refractivity contribution is 7.16. The zero-order valence-electron chi connectivity index (χ0n) is 15.8. The van der Waals surface area contributed by atoms with Gasteiger partial charge in [-0.3, -0.25) is 4.79 Å². The van der Waals surface area contributed by atoms with E-state index in [1.807, 2.05) is 12.1 Å². The first kappa shape index (κ1) is 19.7. The van der Waals surface area contributed by atoms with E-state index in [-0.39, 0.29) is 11.3 Å². The summed E-state index contributed by atoms with van der Waals surface area (Å²) in [5, 5.41) is 13.8. The molecule has 2 aromatic rings. The number of nitriles is 1. The van der Waals surface area contributed by atoms with Gasteiger partial charge in [0, 0.05) is 16.0 Å². The predicted octanol–water partition coefficient (Wildman–Crippen LogP) is 6.08. The molecular weight excluding hydrogens is 376 g/mol. The van der Waals surface area contributed by atoms with Crippen molar-refractivity contribution in [1.29, 1.82) is 5.26 Å². The summed E-state index contributed by atoms with van der Waals surface area (Å²) in [4.78, 5) is 13.6. The van der Waals surface area contributed by atoms with Crippen LogP contribution >= 0.6 is 22.9 Å². The van der Waals surface area contributed by atoms with Crippen LogP contribution < -0.4 is 5.32 Å². The van der Waals surface area contributed by atoms with Crippen LogP contribution in [0.25, 0.3) is 6.08 Å². The maximum absolute atomic E-state index is 12.3. The maximum atomic E-state index is 12.3. The number of amides is 1. The zero-order chi connectivity index (χ0) is 19.6. The molecule has 0 aliphatic heterocycles. The molecule has 3 nitrogen and oxygen atoms in total. The minimum Gasteiger partial charge on any atom is -0.313 e. The Morgan fingerprint density at radius 2 is 2.04 bits per heavy atom. The number of rotatable bonds is 3. The van der Waals surface area contributed by atoms with Crippen molar-refractivity contribution in [3.63, 3.8) is 0 Å². The van der Waals surface area contributed by atoms with Crippen LogP contribution in [0.3, 0.4) is 0 Å². The molecule has 0 unspecified atom stereocenters. The minimum absolute atomic E-state index is 0.229. The van der Waals surface area contributed by atoms with Crippen LogP contribution in [0.4, 0.5) is 5.00 Å². The summed E-state index contributed by atoms with van der Waals surface area (Å²) in [6, 6.07) is 9.57. The molecule has 0 spiro atoms. The van der Waals surface area contributed by atoms with Gasteiger partial charge in [-0.1, -0.05) is 44.5 Å². The SMILES string of the molecule is CC(C)(C)[C@H]1CCc2c(sc(NC(=O)/C=C/c3ccc(Cl)cc3)c2C#N)C1. The predicted molar refractivity (Wildman–Crippen MR) is 113 cm³/mol. The lowest BCUT2D eigenvalue weighted by Gasteiger charge is -2.33. The monoisotopic (exact) mass is 398 g/mol. The smallest absolute Gasteiger partial charge is 0.249 e. The topological polar surface area (TPSA) is 52.9 Å². The third-order valence-electron chi connectivity index (χ3n) is 5.14. The molecule has 1 aromatic heterocycles. The highest BCUT2D eigenvalue weighted by Gasteiger charge is 2.32. The summed E-state index contributed by atoms with van der Waals surface area (Å²) < 4.78 is 0. The van der Waals surface area contributed by atoms with Gasteiger partial charge in [0.1, 0.15) is 11.1 Å². The second-order valence-electron chi connectivity index (χ2n) is 8.00. The first-order valence-corrected chi connectivity index (χ1v) is 10.3. The fraction of sp³-hybridized carbons (Fsp3) is 0.364. The number of nitrogens with zero attached hydrogens (tertiary/aromatic N) is 1. The fourth-order valence-electron chi connectivity index (χ4n) is 3.43. The van der Waals surface area contributed by atoms with Crippen molar-refractivity contribution in [2.24, 2.45) is 11.3 Å². The van der Waals surface area contributed by atoms with E-state index in [1.54, 1.807) is 29.5 Å². The Balaban J connectivity index is 1.76.